The first-order chi connectivity index (χ1) is 5.20. The van der Waals surface area contributed by atoms with Crippen molar-refractivity contribution in [2.75, 3.05) is 6.61 Å². The fraction of sp³-hybridized carbons (Fsp3) is 0.714. The normalized spacial score (nSPS) is 15.8. The molecule has 3 nitrogen and oxygen atoms in total. The zero-order valence-corrected chi connectivity index (χ0v) is 8.00. The van der Waals surface area contributed by atoms with Gasteiger partial charge < -0.3 is 9.05 Å². The lowest BCUT2D eigenvalue weighted by Crippen LogP contribution is -2.01. The molecule has 0 radical (unpaired) electrons. The van der Waals surface area contributed by atoms with Gasteiger partial charge in [0.2, 0.25) is 0 Å². The van der Waals surface area contributed by atoms with E-state index < -0.39 is 8.25 Å². The van der Waals surface area contributed by atoms with Crippen LogP contribution in [0, 0.1) is 0 Å². The van der Waals surface area contributed by atoms with Gasteiger partial charge in [0.05, 0.1) is 12.7 Å². The lowest BCUT2D eigenvalue weighted by atomic mass is 10.3. The van der Waals surface area contributed by atoms with Crippen LogP contribution in [0.1, 0.15) is 20.3 Å². The smallest absolute Gasteiger partial charge is 0.311 e. The molecule has 0 aromatic rings. The monoisotopic (exact) mass is 178 g/mol. The second-order valence-electron chi connectivity index (χ2n) is 2.14. The van der Waals surface area contributed by atoms with Crippen LogP contribution in [0.25, 0.3) is 0 Å². The summed E-state index contributed by atoms with van der Waals surface area (Å²) >= 11 is 0. The molecule has 0 saturated heterocycles. The fourth-order valence-electron chi connectivity index (χ4n) is 0.599. The molecular weight excluding hydrogens is 163 g/mol. The maximum Gasteiger partial charge on any atom is 0.319 e. The zero-order valence-electron chi connectivity index (χ0n) is 7.00. The lowest BCUT2D eigenvalue weighted by Gasteiger charge is -2.09. The predicted molar refractivity (Wildman–Crippen MR) is 46.0 cm³/mol. The van der Waals surface area contributed by atoms with Crippen LogP contribution < -0.4 is 0 Å². The molecule has 0 heterocycles. The third-order valence-electron chi connectivity index (χ3n) is 1.06. The maximum absolute atomic E-state index is 10.8. The van der Waals surface area contributed by atoms with Crippen molar-refractivity contribution in [3.63, 3.8) is 0 Å². The molecule has 2 unspecified atom stereocenters. The van der Waals surface area contributed by atoms with Gasteiger partial charge in [-0.2, -0.15) is 0 Å². The Kier molecular flexibility index (Phi) is 6.52. The molecule has 2 atom stereocenters. The first-order valence-electron chi connectivity index (χ1n) is 3.65. The minimum atomic E-state index is -2.26. The highest BCUT2D eigenvalue weighted by atomic mass is 31.1. The van der Waals surface area contributed by atoms with Crippen molar-refractivity contribution < 1.29 is 13.6 Å². The average Bonchev–Trinajstić information content (AvgIpc) is 1.87. The summed E-state index contributed by atoms with van der Waals surface area (Å²) < 4.78 is 20.6. The van der Waals surface area contributed by atoms with Crippen molar-refractivity contribution in [2.24, 2.45) is 0 Å². The quantitative estimate of drug-likeness (QED) is 0.462. The van der Waals surface area contributed by atoms with Crippen LogP contribution in [0.4, 0.5) is 0 Å². The van der Waals surface area contributed by atoms with E-state index in [0.29, 0.717) is 13.0 Å². The van der Waals surface area contributed by atoms with Crippen LogP contribution in [0.2, 0.25) is 0 Å². The van der Waals surface area contributed by atoms with Gasteiger partial charge in [0.15, 0.2) is 0 Å². The van der Waals surface area contributed by atoms with Crippen LogP contribution in [0.5, 0.6) is 0 Å². The summed E-state index contributed by atoms with van der Waals surface area (Å²) in [4.78, 5) is 0. The summed E-state index contributed by atoms with van der Waals surface area (Å²) in [7, 11) is -2.26. The molecule has 0 aliphatic rings. The molecule has 0 saturated carbocycles. The first kappa shape index (κ1) is 10.9. The molecular formula is C7H15O3P. The van der Waals surface area contributed by atoms with E-state index >= 15 is 0 Å². The number of hydrogen-bond donors (Lipinski definition) is 0. The first-order valence-corrected chi connectivity index (χ1v) is 4.87. The Labute approximate surface area is 68.3 Å². The van der Waals surface area contributed by atoms with Gasteiger partial charge in [-0.1, -0.05) is 6.08 Å². The van der Waals surface area contributed by atoms with Gasteiger partial charge in [-0.15, -0.1) is 6.58 Å². The predicted octanol–water partition coefficient (Wildman–Crippen LogP) is 2.39. The molecule has 0 aliphatic carbocycles. The molecule has 0 spiro atoms. The summed E-state index contributed by atoms with van der Waals surface area (Å²) in [5.74, 6) is 0. The van der Waals surface area contributed by atoms with Crippen LogP contribution >= 0.6 is 8.25 Å². The van der Waals surface area contributed by atoms with Crippen molar-refractivity contribution in [3.8, 4) is 0 Å². The van der Waals surface area contributed by atoms with Gasteiger partial charge in [0.25, 0.3) is 0 Å². The third-order valence-corrected chi connectivity index (χ3v) is 2.18. The second kappa shape index (κ2) is 6.59. The number of rotatable bonds is 6. The van der Waals surface area contributed by atoms with Gasteiger partial charge in [-0.05, 0) is 20.3 Å². The van der Waals surface area contributed by atoms with Crippen molar-refractivity contribution >= 4 is 8.25 Å². The van der Waals surface area contributed by atoms with E-state index in [0.717, 1.165) is 0 Å². The SMILES string of the molecule is C=CCC(C)O[PH](=O)OCC. The minimum absolute atomic E-state index is 0.0644. The topological polar surface area (TPSA) is 35.5 Å². The molecule has 0 bridgehead atoms. The van der Waals surface area contributed by atoms with Crippen LogP contribution in [-0.4, -0.2) is 12.7 Å². The van der Waals surface area contributed by atoms with Gasteiger partial charge in [-0.3, -0.25) is 4.57 Å². The Morgan fingerprint density at radius 1 is 1.73 bits per heavy atom. The Balaban J connectivity index is 3.48. The largest absolute Gasteiger partial charge is 0.319 e. The van der Waals surface area contributed by atoms with E-state index in [2.05, 4.69) is 6.58 Å². The lowest BCUT2D eigenvalue weighted by molar-refractivity contribution is 0.182. The van der Waals surface area contributed by atoms with E-state index in [9.17, 15) is 4.57 Å². The van der Waals surface area contributed by atoms with E-state index in [1.54, 1.807) is 13.0 Å². The van der Waals surface area contributed by atoms with E-state index in [-0.39, 0.29) is 6.10 Å². The summed E-state index contributed by atoms with van der Waals surface area (Å²) in [5, 5.41) is 0. The van der Waals surface area contributed by atoms with Gasteiger partial charge >= 0.3 is 8.25 Å². The Morgan fingerprint density at radius 3 is 2.82 bits per heavy atom. The van der Waals surface area contributed by atoms with Crippen molar-refractivity contribution in [1.82, 2.24) is 0 Å². The molecule has 11 heavy (non-hydrogen) atoms. The summed E-state index contributed by atoms with van der Waals surface area (Å²) in [6, 6.07) is 0. The number of hydrogen-bond acceptors (Lipinski definition) is 3. The van der Waals surface area contributed by atoms with Crippen LogP contribution in [0.3, 0.4) is 0 Å². The van der Waals surface area contributed by atoms with Crippen LogP contribution in [-0.2, 0) is 13.6 Å². The zero-order chi connectivity index (χ0) is 8.69. The Hall–Kier alpha value is -0.110. The maximum atomic E-state index is 10.8. The molecule has 0 amide bonds. The van der Waals surface area contributed by atoms with Gasteiger partial charge in [-0.25, -0.2) is 0 Å². The Bertz CT molecular complexity index is 136. The molecule has 66 valence electrons. The Morgan fingerprint density at radius 2 is 2.36 bits per heavy atom. The summed E-state index contributed by atoms with van der Waals surface area (Å²) in [5.41, 5.74) is 0. The average molecular weight is 178 g/mol. The van der Waals surface area contributed by atoms with Crippen molar-refractivity contribution in [3.05, 3.63) is 12.7 Å². The highest BCUT2D eigenvalue weighted by molar-refractivity contribution is 7.33. The highest BCUT2D eigenvalue weighted by Crippen LogP contribution is 2.26. The summed E-state index contributed by atoms with van der Waals surface area (Å²) in [6.07, 6.45) is 2.36. The molecule has 0 aromatic carbocycles. The molecule has 0 rings (SSSR count). The van der Waals surface area contributed by atoms with Crippen LogP contribution in [0.15, 0.2) is 12.7 Å². The molecule has 0 aromatic heterocycles. The minimum Gasteiger partial charge on any atom is -0.311 e. The van der Waals surface area contributed by atoms with Crippen molar-refractivity contribution in [1.29, 1.82) is 0 Å². The standard InChI is InChI=1S/C7H15O3P/c1-4-6-7(3)10-11(8)9-5-2/h4,7,11H,1,5-6H2,2-3H3. The van der Waals surface area contributed by atoms with E-state index in [1.165, 1.54) is 0 Å². The second-order valence-corrected chi connectivity index (χ2v) is 3.16. The molecule has 0 aliphatic heterocycles. The van der Waals surface area contributed by atoms with Gasteiger partial charge in [0, 0.05) is 0 Å². The molecule has 4 heteroatoms. The molecule has 0 fully saturated rings. The van der Waals surface area contributed by atoms with Gasteiger partial charge in [0.1, 0.15) is 0 Å². The summed E-state index contributed by atoms with van der Waals surface area (Å²) in [6.45, 7) is 7.59. The van der Waals surface area contributed by atoms with Crippen molar-refractivity contribution in [2.45, 2.75) is 26.4 Å². The van der Waals surface area contributed by atoms with E-state index in [4.69, 9.17) is 9.05 Å². The molecule has 0 N–H and O–H groups in total. The fourth-order valence-corrected chi connectivity index (χ4v) is 1.33. The van der Waals surface area contributed by atoms with E-state index in [1.807, 2.05) is 6.92 Å². The third kappa shape index (κ3) is 6.29. The highest BCUT2D eigenvalue weighted by Gasteiger charge is 2.04.